The second-order valence-corrected chi connectivity index (χ2v) is 10.9. The SMILES string of the molecule is O=S(=O)(ON(S(=O)(=O)c1ccccc1)S(=O)(=O)c1ccccc1)c1ccccc1. The fourth-order valence-electron chi connectivity index (χ4n) is 2.28. The Morgan fingerprint density at radius 2 is 0.793 bits per heavy atom. The lowest BCUT2D eigenvalue weighted by Gasteiger charge is -2.20. The minimum Gasteiger partial charge on any atom is -0.204 e. The van der Waals surface area contributed by atoms with E-state index < -0.39 is 48.7 Å². The summed E-state index contributed by atoms with van der Waals surface area (Å²) in [7, 11) is -14.6. The molecule has 11 heteroatoms. The van der Waals surface area contributed by atoms with Crippen molar-refractivity contribution in [1.29, 1.82) is 0 Å². The van der Waals surface area contributed by atoms with Crippen molar-refractivity contribution in [2.24, 2.45) is 0 Å². The van der Waals surface area contributed by atoms with Gasteiger partial charge in [0, 0.05) is 0 Å². The summed E-state index contributed by atoms with van der Waals surface area (Å²) >= 11 is 0. The first-order chi connectivity index (χ1) is 13.7. The van der Waals surface area contributed by atoms with Crippen molar-refractivity contribution in [3.8, 4) is 0 Å². The van der Waals surface area contributed by atoms with Gasteiger partial charge < -0.3 is 0 Å². The van der Waals surface area contributed by atoms with Crippen molar-refractivity contribution in [1.82, 2.24) is 3.87 Å². The maximum absolute atomic E-state index is 13.0. The van der Waals surface area contributed by atoms with Crippen LogP contribution >= 0.6 is 0 Å². The Kier molecular flexibility index (Phi) is 5.87. The number of sulfonamides is 2. The van der Waals surface area contributed by atoms with Crippen LogP contribution in [-0.2, 0) is 34.4 Å². The zero-order valence-electron chi connectivity index (χ0n) is 14.7. The van der Waals surface area contributed by atoms with E-state index in [2.05, 4.69) is 0 Å². The first-order valence-electron chi connectivity index (χ1n) is 8.06. The molecule has 3 rings (SSSR count). The molecule has 0 radical (unpaired) electrons. The molecular formula is C18H15NO7S3. The third-order valence-electron chi connectivity index (χ3n) is 3.67. The Labute approximate surface area is 169 Å². The van der Waals surface area contributed by atoms with Gasteiger partial charge in [-0.2, -0.15) is 8.42 Å². The van der Waals surface area contributed by atoms with Crippen LogP contribution in [0, 0.1) is 0 Å². The maximum Gasteiger partial charge on any atom is 0.314 e. The summed E-state index contributed by atoms with van der Waals surface area (Å²) in [5.41, 5.74) is 0. The largest absolute Gasteiger partial charge is 0.314 e. The van der Waals surface area contributed by atoms with E-state index in [4.69, 9.17) is 4.28 Å². The van der Waals surface area contributed by atoms with Gasteiger partial charge in [0.15, 0.2) is 0 Å². The van der Waals surface area contributed by atoms with E-state index in [-0.39, 0.29) is 0 Å². The van der Waals surface area contributed by atoms with Gasteiger partial charge in [0.05, 0.1) is 18.6 Å². The van der Waals surface area contributed by atoms with Gasteiger partial charge in [-0.3, -0.25) is 0 Å². The Hall–Kier alpha value is -2.57. The molecule has 0 aliphatic carbocycles. The van der Waals surface area contributed by atoms with Gasteiger partial charge in [0.25, 0.3) is 20.0 Å². The third-order valence-corrected chi connectivity index (χ3v) is 8.90. The molecule has 0 unspecified atom stereocenters. The van der Waals surface area contributed by atoms with Crippen LogP contribution in [0.4, 0.5) is 0 Å². The summed E-state index contributed by atoms with van der Waals surface area (Å²) in [5, 5.41) is 0. The average molecular weight is 454 g/mol. The normalized spacial score (nSPS) is 12.7. The summed E-state index contributed by atoms with van der Waals surface area (Å²) in [6.45, 7) is 0. The molecule has 29 heavy (non-hydrogen) atoms. The first kappa shape index (κ1) is 21.1. The highest BCUT2D eigenvalue weighted by molar-refractivity contribution is 8.04. The predicted octanol–water partition coefficient (Wildman–Crippen LogP) is 2.39. The molecule has 0 saturated heterocycles. The van der Waals surface area contributed by atoms with Gasteiger partial charge in [-0.05, 0) is 36.4 Å². The molecule has 0 saturated carbocycles. The molecule has 0 amide bonds. The summed E-state index contributed by atoms with van der Waals surface area (Å²) in [6, 6.07) is 19.6. The molecule has 0 aliphatic rings. The van der Waals surface area contributed by atoms with Crippen LogP contribution in [0.25, 0.3) is 0 Å². The fourth-order valence-corrected chi connectivity index (χ4v) is 7.03. The van der Waals surface area contributed by atoms with Gasteiger partial charge in [0.1, 0.15) is 0 Å². The van der Waals surface area contributed by atoms with E-state index in [0.717, 1.165) is 36.4 Å². The number of nitrogens with zero attached hydrogens (tertiary/aromatic N) is 1. The number of benzene rings is 3. The molecule has 0 aromatic heterocycles. The molecule has 3 aromatic rings. The van der Waals surface area contributed by atoms with Crippen LogP contribution in [0.3, 0.4) is 0 Å². The fraction of sp³-hybridized carbons (Fsp3) is 0. The van der Waals surface area contributed by atoms with E-state index in [1.54, 1.807) is 0 Å². The monoisotopic (exact) mass is 453 g/mol. The molecule has 0 heterocycles. The highest BCUT2D eigenvalue weighted by Gasteiger charge is 2.42. The first-order valence-corrected chi connectivity index (χ1v) is 12.3. The molecule has 0 atom stereocenters. The number of hydrogen-bond donors (Lipinski definition) is 0. The highest BCUT2D eigenvalue weighted by Crippen LogP contribution is 2.27. The Morgan fingerprint density at radius 1 is 0.483 bits per heavy atom. The Morgan fingerprint density at radius 3 is 1.14 bits per heavy atom. The lowest BCUT2D eigenvalue weighted by molar-refractivity contribution is 0.135. The summed E-state index contributed by atoms with van der Waals surface area (Å²) in [6.07, 6.45) is 0. The molecule has 0 aliphatic heterocycles. The Bertz CT molecular complexity index is 1220. The lowest BCUT2D eigenvalue weighted by atomic mass is 10.4. The second-order valence-electron chi connectivity index (χ2n) is 5.64. The lowest BCUT2D eigenvalue weighted by Crippen LogP contribution is -2.38. The van der Waals surface area contributed by atoms with E-state index in [1.165, 1.54) is 54.6 Å². The molecular weight excluding hydrogens is 438 g/mol. The van der Waals surface area contributed by atoms with Crippen LogP contribution in [0.15, 0.2) is 106 Å². The molecule has 0 spiro atoms. The third kappa shape index (κ3) is 4.38. The minimum absolute atomic E-state index is 0.406. The van der Waals surface area contributed by atoms with Crippen LogP contribution in [0.2, 0.25) is 0 Å². The van der Waals surface area contributed by atoms with Crippen molar-refractivity contribution in [3.63, 3.8) is 0 Å². The van der Waals surface area contributed by atoms with Crippen molar-refractivity contribution in [2.75, 3.05) is 0 Å². The highest BCUT2D eigenvalue weighted by atomic mass is 32.3. The van der Waals surface area contributed by atoms with Crippen molar-refractivity contribution < 1.29 is 29.5 Å². The smallest absolute Gasteiger partial charge is 0.204 e. The molecule has 8 nitrogen and oxygen atoms in total. The predicted molar refractivity (Wildman–Crippen MR) is 104 cm³/mol. The Balaban J connectivity index is 2.18. The molecule has 3 aromatic carbocycles. The van der Waals surface area contributed by atoms with E-state index in [9.17, 15) is 25.3 Å². The summed E-state index contributed by atoms with van der Waals surface area (Å²) in [5.74, 6) is 0. The van der Waals surface area contributed by atoms with Crippen LogP contribution in [0.1, 0.15) is 0 Å². The minimum atomic E-state index is -4.90. The van der Waals surface area contributed by atoms with E-state index in [1.807, 2.05) is 0 Å². The van der Waals surface area contributed by atoms with Crippen molar-refractivity contribution >= 4 is 30.2 Å². The topological polar surface area (TPSA) is 115 Å². The van der Waals surface area contributed by atoms with Crippen LogP contribution in [0.5, 0.6) is 0 Å². The van der Waals surface area contributed by atoms with Crippen LogP contribution < -0.4 is 0 Å². The van der Waals surface area contributed by atoms with E-state index in [0.29, 0.717) is 0 Å². The quantitative estimate of drug-likeness (QED) is 0.505. The van der Waals surface area contributed by atoms with Gasteiger partial charge in [0.2, 0.25) is 0 Å². The summed E-state index contributed by atoms with van der Waals surface area (Å²) < 4.78 is 81.5. The van der Waals surface area contributed by atoms with Crippen molar-refractivity contribution in [2.45, 2.75) is 14.7 Å². The van der Waals surface area contributed by atoms with Gasteiger partial charge in [-0.25, -0.2) is 16.8 Å². The molecule has 0 bridgehead atoms. The average Bonchev–Trinajstić information content (AvgIpc) is 2.74. The molecule has 152 valence electrons. The number of rotatable bonds is 7. The molecule has 0 fully saturated rings. The van der Waals surface area contributed by atoms with E-state index >= 15 is 0 Å². The van der Waals surface area contributed by atoms with Gasteiger partial charge in [-0.1, -0.05) is 54.6 Å². The standard InChI is InChI=1S/C18H15NO7S3/c20-27(21,16-10-4-1-5-11-16)19(28(22,23)17-12-6-2-7-13-17)26-29(24,25)18-14-8-3-9-15-18/h1-15H. The van der Waals surface area contributed by atoms with Crippen molar-refractivity contribution in [3.05, 3.63) is 91.0 Å². The zero-order chi connectivity index (χ0) is 21.1. The van der Waals surface area contributed by atoms with Gasteiger partial charge >= 0.3 is 10.1 Å². The summed E-state index contributed by atoms with van der Waals surface area (Å²) in [4.78, 5) is -1.32. The van der Waals surface area contributed by atoms with Crippen LogP contribution in [-0.4, -0.2) is 29.1 Å². The maximum atomic E-state index is 13.0. The van der Waals surface area contributed by atoms with Gasteiger partial charge in [-0.15, -0.1) is 4.28 Å². The number of hydrogen-bond acceptors (Lipinski definition) is 7. The second kappa shape index (κ2) is 8.05. The molecule has 0 N–H and O–H groups in total. The zero-order valence-corrected chi connectivity index (χ0v) is 17.1.